The summed E-state index contributed by atoms with van der Waals surface area (Å²) < 4.78 is 27.7. The van der Waals surface area contributed by atoms with Gasteiger partial charge in [-0.2, -0.15) is 0 Å². The Labute approximate surface area is 139 Å². The Balaban J connectivity index is 2.18. The van der Waals surface area contributed by atoms with E-state index in [0.29, 0.717) is 11.3 Å². The van der Waals surface area contributed by atoms with Gasteiger partial charge in [0, 0.05) is 23.2 Å². The van der Waals surface area contributed by atoms with Crippen molar-refractivity contribution in [1.82, 2.24) is 0 Å². The fourth-order valence-corrected chi connectivity index (χ4v) is 3.78. The maximum absolute atomic E-state index is 12.4. The number of amides is 1. The summed E-state index contributed by atoms with van der Waals surface area (Å²) in [5, 5.41) is 3.39. The summed E-state index contributed by atoms with van der Waals surface area (Å²) in [5.41, 5.74) is 1.13. The van der Waals surface area contributed by atoms with Gasteiger partial charge in [0.2, 0.25) is 5.91 Å². The average Bonchev–Trinajstić information content (AvgIpc) is 2.46. The number of fused-ring (bicyclic) bond motifs is 1. The van der Waals surface area contributed by atoms with Crippen molar-refractivity contribution in [3.63, 3.8) is 0 Å². The third-order valence-electron chi connectivity index (χ3n) is 3.22. The third-order valence-corrected chi connectivity index (χ3v) is 5.20. The van der Waals surface area contributed by atoms with Gasteiger partial charge in [-0.3, -0.25) is 9.36 Å². The zero-order valence-electron chi connectivity index (χ0n) is 13.8. The molecule has 0 aliphatic rings. The van der Waals surface area contributed by atoms with E-state index in [9.17, 15) is 14.2 Å². The van der Waals surface area contributed by atoms with Crippen LogP contribution in [0, 0.1) is 6.92 Å². The molecule has 0 spiro atoms. The van der Waals surface area contributed by atoms with E-state index in [2.05, 4.69) is 5.32 Å². The predicted octanol–water partition coefficient (Wildman–Crippen LogP) is 3.31. The quantitative estimate of drug-likeness (QED) is 0.606. The van der Waals surface area contributed by atoms with Gasteiger partial charge in [-0.1, -0.05) is 0 Å². The maximum atomic E-state index is 12.4. The monoisotopic (exact) mass is 353 g/mol. The molecule has 0 radical (unpaired) electrons. The number of rotatable bonds is 7. The van der Waals surface area contributed by atoms with Crippen LogP contribution in [0.5, 0.6) is 0 Å². The predicted molar refractivity (Wildman–Crippen MR) is 91.6 cm³/mol. The molecule has 2 aromatic rings. The first kappa shape index (κ1) is 18.4. The van der Waals surface area contributed by atoms with E-state index in [1.54, 1.807) is 39.0 Å². The van der Waals surface area contributed by atoms with Gasteiger partial charge in [-0.15, -0.1) is 0 Å². The second-order valence-corrected chi connectivity index (χ2v) is 7.17. The van der Waals surface area contributed by atoms with Gasteiger partial charge >= 0.3 is 13.2 Å². The molecule has 2 rings (SSSR count). The van der Waals surface area contributed by atoms with Crippen LogP contribution >= 0.6 is 7.60 Å². The highest BCUT2D eigenvalue weighted by atomic mass is 31.2. The molecule has 1 aromatic carbocycles. The lowest BCUT2D eigenvalue weighted by atomic mass is 10.1. The normalized spacial score (nSPS) is 11.6. The van der Waals surface area contributed by atoms with Crippen molar-refractivity contribution >= 4 is 30.2 Å². The molecular weight excluding hydrogens is 333 g/mol. The lowest BCUT2D eigenvalue weighted by Crippen LogP contribution is -2.18. The summed E-state index contributed by atoms with van der Waals surface area (Å²) in [7, 11) is -3.46. The molecule has 1 aromatic heterocycles. The molecular formula is C16H20NO6P. The van der Waals surface area contributed by atoms with Gasteiger partial charge in [0.05, 0.1) is 13.2 Å². The maximum Gasteiger partial charge on any atom is 0.340 e. The van der Waals surface area contributed by atoms with Crippen LogP contribution in [0.1, 0.15) is 19.4 Å². The van der Waals surface area contributed by atoms with Crippen molar-refractivity contribution in [2.75, 3.05) is 24.7 Å². The topological polar surface area (TPSA) is 94.8 Å². The Morgan fingerprint density at radius 3 is 2.50 bits per heavy atom. The first-order valence-corrected chi connectivity index (χ1v) is 9.32. The summed E-state index contributed by atoms with van der Waals surface area (Å²) >= 11 is 0. The van der Waals surface area contributed by atoms with Gasteiger partial charge in [0.25, 0.3) is 0 Å². The van der Waals surface area contributed by atoms with Crippen molar-refractivity contribution < 1.29 is 22.8 Å². The van der Waals surface area contributed by atoms with Crippen molar-refractivity contribution in [1.29, 1.82) is 0 Å². The first-order valence-electron chi connectivity index (χ1n) is 7.59. The summed E-state index contributed by atoms with van der Waals surface area (Å²) in [6, 6.07) is 6.38. The minimum Gasteiger partial charge on any atom is -0.423 e. The average molecular weight is 353 g/mol. The minimum atomic E-state index is -3.46. The number of carbonyl (C=O) groups is 1. The summed E-state index contributed by atoms with van der Waals surface area (Å²) in [6.45, 7) is 5.53. The highest BCUT2D eigenvalue weighted by molar-refractivity contribution is 7.54. The Kier molecular flexibility index (Phi) is 5.94. The van der Waals surface area contributed by atoms with Crippen LogP contribution in [0.25, 0.3) is 11.0 Å². The van der Waals surface area contributed by atoms with Crippen LogP contribution < -0.4 is 10.9 Å². The van der Waals surface area contributed by atoms with Crippen LogP contribution in [0.2, 0.25) is 0 Å². The van der Waals surface area contributed by atoms with Gasteiger partial charge in [-0.05, 0) is 38.5 Å². The molecule has 24 heavy (non-hydrogen) atoms. The van der Waals surface area contributed by atoms with E-state index >= 15 is 0 Å². The molecule has 8 heteroatoms. The Hall–Kier alpha value is -1.95. The smallest absolute Gasteiger partial charge is 0.340 e. The summed E-state index contributed by atoms with van der Waals surface area (Å²) in [6.07, 6.45) is -0.384. The highest BCUT2D eigenvalue weighted by Gasteiger charge is 2.27. The minimum absolute atomic E-state index is 0.185. The molecule has 0 aliphatic carbocycles. The SMILES string of the molecule is CCOP(=O)(CC(=O)Nc1ccc2c(C)cc(=O)oc2c1)OCC. The standard InChI is InChI=1S/C16H20NO6P/c1-4-21-24(20,22-5-2)10-15(18)17-12-6-7-13-11(3)8-16(19)23-14(13)9-12/h6-9H,4-5,10H2,1-3H3,(H,17,18). The number of benzene rings is 1. The van der Waals surface area contributed by atoms with E-state index in [1.165, 1.54) is 6.07 Å². The molecule has 1 N–H and O–H groups in total. The van der Waals surface area contributed by atoms with Crippen LogP contribution in [0.15, 0.2) is 33.5 Å². The largest absolute Gasteiger partial charge is 0.423 e. The molecule has 0 saturated heterocycles. The Morgan fingerprint density at radius 2 is 1.88 bits per heavy atom. The second-order valence-electron chi connectivity index (χ2n) is 5.11. The fraction of sp³-hybridized carbons (Fsp3) is 0.375. The van der Waals surface area contributed by atoms with E-state index in [1.807, 2.05) is 0 Å². The van der Waals surface area contributed by atoms with E-state index in [0.717, 1.165) is 10.9 Å². The van der Waals surface area contributed by atoms with Crippen LogP contribution in [-0.2, 0) is 18.4 Å². The fourth-order valence-electron chi connectivity index (χ4n) is 2.30. The lowest BCUT2D eigenvalue weighted by Gasteiger charge is -2.16. The molecule has 0 saturated carbocycles. The number of hydrogen-bond donors (Lipinski definition) is 1. The van der Waals surface area contributed by atoms with Gasteiger partial charge in [0.1, 0.15) is 11.7 Å². The lowest BCUT2D eigenvalue weighted by molar-refractivity contribution is -0.114. The Bertz CT molecular complexity index is 834. The highest BCUT2D eigenvalue weighted by Crippen LogP contribution is 2.47. The molecule has 0 aliphatic heterocycles. The summed E-state index contributed by atoms with van der Waals surface area (Å²) in [4.78, 5) is 23.6. The molecule has 1 heterocycles. The van der Waals surface area contributed by atoms with Gasteiger partial charge in [0.15, 0.2) is 0 Å². The molecule has 0 atom stereocenters. The third kappa shape index (κ3) is 4.54. The van der Waals surface area contributed by atoms with Crippen LogP contribution in [0.4, 0.5) is 5.69 Å². The number of anilines is 1. The van der Waals surface area contributed by atoms with Gasteiger partial charge < -0.3 is 18.8 Å². The number of aryl methyl sites for hydroxylation is 1. The first-order chi connectivity index (χ1) is 11.4. The van der Waals surface area contributed by atoms with E-state index in [-0.39, 0.29) is 19.4 Å². The molecule has 0 bridgehead atoms. The van der Waals surface area contributed by atoms with Crippen molar-refractivity contribution in [2.45, 2.75) is 20.8 Å². The van der Waals surface area contributed by atoms with Gasteiger partial charge in [-0.25, -0.2) is 4.79 Å². The number of hydrogen-bond acceptors (Lipinski definition) is 6. The molecule has 1 amide bonds. The zero-order valence-corrected chi connectivity index (χ0v) is 14.7. The zero-order chi connectivity index (χ0) is 17.7. The summed E-state index contributed by atoms with van der Waals surface area (Å²) in [5.74, 6) is -0.505. The second kappa shape index (κ2) is 7.75. The van der Waals surface area contributed by atoms with Crippen molar-refractivity contribution in [2.24, 2.45) is 0 Å². The molecule has 130 valence electrons. The number of nitrogens with one attached hydrogen (secondary N) is 1. The molecule has 0 fully saturated rings. The van der Waals surface area contributed by atoms with E-state index < -0.39 is 19.1 Å². The molecule has 7 nitrogen and oxygen atoms in total. The van der Waals surface area contributed by atoms with E-state index in [4.69, 9.17) is 13.5 Å². The van der Waals surface area contributed by atoms with Crippen LogP contribution in [0.3, 0.4) is 0 Å². The van der Waals surface area contributed by atoms with Crippen molar-refractivity contribution in [3.8, 4) is 0 Å². The van der Waals surface area contributed by atoms with Crippen molar-refractivity contribution in [3.05, 3.63) is 40.2 Å². The van der Waals surface area contributed by atoms with Crippen LogP contribution in [-0.4, -0.2) is 25.3 Å². The Morgan fingerprint density at radius 1 is 1.21 bits per heavy atom. The molecule has 0 unspecified atom stereocenters. The number of carbonyl (C=O) groups excluding carboxylic acids is 1.